The number of nitrogens with zero attached hydrogens (tertiary/aromatic N) is 1. The van der Waals surface area contributed by atoms with Crippen molar-refractivity contribution in [2.45, 2.75) is 20.0 Å². The van der Waals surface area contributed by atoms with Gasteiger partial charge in [0.05, 0.1) is 19.8 Å². The number of hydrogen-bond donors (Lipinski definition) is 2. The van der Waals surface area contributed by atoms with Crippen LogP contribution in [0.5, 0.6) is 0 Å². The number of amides is 1. The zero-order valence-corrected chi connectivity index (χ0v) is 17.0. The van der Waals surface area contributed by atoms with Crippen LogP contribution >= 0.6 is 11.3 Å². The number of nitrogens with one attached hydrogen (secondary N) is 1. The number of benzene rings is 1. The fraction of sp³-hybridized carbons (Fsp3) is 0.476. The Kier molecular flexibility index (Phi) is 7.83. The highest BCUT2D eigenvalue weighted by molar-refractivity contribution is 7.11. The molecule has 0 unspecified atom stereocenters. The van der Waals surface area contributed by atoms with E-state index >= 15 is 0 Å². The molecule has 0 spiro atoms. The lowest BCUT2D eigenvalue weighted by atomic mass is 10.2. The molecule has 1 amide bonds. The quantitative estimate of drug-likeness (QED) is 0.596. The number of aryl methyl sites for hydroxylation is 1. The van der Waals surface area contributed by atoms with E-state index in [1.807, 2.05) is 23.1 Å². The van der Waals surface area contributed by atoms with Gasteiger partial charge in [-0.05, 0) is 24.6 Å². The summed E-state index contributed by atoms with van der Waals surface area (Å²) >= 11 is 1.77. The molecule has 3 N–H and O–H groups in total. The van der Waals surface area contributed by atoms with Crippen molar-refractivity contribution in [1.29, 1.82) is 0 Å². The number of ether oxygens (including phenoxy) is 1. The van der Waals surface area contributed by atoms with E-state index in [0.717, 1.165) is 39.4 Å². The molecule has 1 saturated heterocycles. The predicted molar refractivity (Wildman–Crippen MR) is 108 cm³/mol. The SMILES string of the molecule is Cc1ccc(CN(Cc2ccccc2)C(=O)C[NH2+]CC[NH+]2CCOCC2)s1. The Morgan fingerprint density at radius 3 is 2.63 bits per heavy atom. The molecule has 3 rings (SSSR count). The predicted octanol–water partition coefficient (Wildman–Crippen LogP) is 0.0638. The van der Waals surface area contributed by atoms with Gasteiger partial charge in [0, 0.05) is 16.3 Å². The summed E-state index contributed by atoms with van der Waals surface area (Å²) in [5.74, 6) is 0.210. The number of morpholine rings is 1. The molecule has 5 nitrogen and oxygen atoms in total. The smallest absolute Gasteiger partial charge is 0.278 e. The van der Waals surface area contributed by atoms with Crippen molar-refractivity contribution in [3.63, 3.8) is 0 Å². The Morgan fingerprint density at radius 2 is 1.93 bits per heavy atom. The molecule has 1 aromatic heterocycles. The van der Waals surface area contributed by atoms with Gasteiger partial charge in [-0.3, -0.25) is 4.79 Å². The summed E-state index contributed by atoms with van der Waals surface area (Å²) in [6.45, 7) is 9.95. The van der Waals surface area contributed by atoms with E-state index in [4.69, 9.17) is 4.74 Å². The summed E-state index contributed by atoms with van der Waals surface area (Å²) in [7, 11) is 0. The Hall–Kier alpha value is -1.73. The highest BCUT2D eigenvalue weighted by atomic mass is 32.1. The van der Waals surface area contributed by atoms with Crippen LogP contribution in [0.4, 0.5) is 0 Å². The van der Waals surface area contributed by atoms with Crippen LogP contribution in [0, 0.1) is 6.92 Å². The molecule has 2 aromatic rings. The molecule has 0 atom stereocenters. The molecule has 1 aromatic carbocycles. The van der Waals surface area contributed by atoms with Crippen molar-refractivity contribution in [3.8, 4) is 0 Å². The maximum absolute atomic E-state index is 12.9. The fourth-order valence-corrected chi connectivity index (χ4v) is 4.27. The van der Waals surface area contributed by atoms with Crippen molar-refractivity contribution in [1.82, 2.24) is 4.90 Å². The highest BCUT2D eigenvalue weighted by Crippen LogP contribution is 2.18. The summed E-state index contributed by atoms with van der Waals surface area (Å²) in [6.07, 6.45) is 0. The largest absolute Gasteiger partial charge is 0.370 e. The van der Waals surface area contributed by atoms with Crippen LogP contribution in [0.3, 0.4) is 0 Å². The molecule has 0 radical (unpaired) electrons. The molecule has 1 aliphatic heterocycles. The van der Waals surface area contributed by atoms with Crippen molar-refractivity contribution >= 4 is 17.2 Å². The Balaban J connectivity index is 1.51. The van der Waals surface area contributed by atoms with Crippen molar-refractivity contribution < 1.29 is 19.7 Å². The zero-order valence-electron chi connectivity index (χ0n) is 16.2. The van der Waals surface area contributed by atoms with Gasteiger partial charge in [-0.1, -0.05) is 30.3 Å². The molecular weight excluding hydrogens is 358 g/mol. The number of nitrogens with two attached hydrogens (primary N) is 1. The fourth-order valence-electron chi connectivity index (χ4n) is 3.37. The van der Waals surface area contributed by atoms with E-state index in [9.17, 15) is 4.79 Å². The summed E-state index contributed by atoms with van der Waals surface area (Å²) < 4.78 is 5.40. The van der Waals surface area contributed by atoms with Crippen molar-refractivity contribution in [3.05, 3.63) is 57.8 Å². The van der Waals surface area contributed by atoms with Crippen LogP contribution in [0.1, 0.15) is 15.3 Å². The molecule has 0 aliphatic carbocycles. The molecule has 1 fully saturated rings. The lowest BCUT2D eigenvalue weighted by Crippen LogP contribution is -3.16. The second kappa shape index (κ2) is 10.6. The maximum Gasteiger partial charge on any atom is 0.278 e. The van der Waals surface area contributed by atoms with Gasteiger partial charge in [-0.15, -0.1) is 11.3 Å². The van der Waals surface area contributed by atoms with Crippen LogP contribution < -0.4 is 10.2 Å². The second-order valence-corrected chi connectivity index (χ2v) is 8.51. The molecule has 0 bridgehead atoms. The Bertz CT molecular complexity index is 698. The van der Waals surface area contributed by atoms with Crippen LogP contribution in [0.2, 0.25) is 0 Å². The first kappa shape index (κ1) is 20.0. The van der Waals surface area contributed by atoms with Gasteiger partial charge in [0.2, 0.25) is 0 Å². The van der Waals surface area contributed by atoms with E-state index in [-0.39, 0.29) is 5.91 Å². The molecule has 1 aliphatic rings. The van der Waals surface area contributed by atoms with E-state index in [1.54, 1.807) is 16.2 Å². The monoisotopic (exact) mass is 389 g/mol. The van der Waals surface area contributed by atoms with E-state index in [2.05, 4.69) is 36.5 Å². The van der Waals surface area contributed by atoms with E-state index in [0.29, 0.717) is 19.6 Å². The molecule has 27 heavy (non-hydrogen) atoms. The average Bonchev–Trinajstić information content (AvgIpc) is 3.11. The first-order chi connectivity index (χ1) is 13.2. The van der Waals surface area contributed by atoms with Gasteiger partial charge in [0.1, 0.15) is 26.2 Å². The number of rotatable bonds is 9. The molecular formula is C21H31N3O2S+2. The van der Waals surface area contributed by atoms with Crippen LogP contribution in [0.15, 0.2) is 42.5 Å². The number of thiophene rings is 1. The van der Waals surface area contributed by atoms with Gasteiger partial charge in [0.15, 0.2) is 6.54 Å². The molecule has 6 heteroatoms. The summed E-state index contributed by atoms with van der Waals surface area (Å²) in [6, 6.07) is 14.5. The standard InChI is InChI=1S/C21H29N3O2S/c1-18-7-8-20(27-18)17-24(16-19-5-3-2-4-6-19)21(25)15-22-9-10-23-11-13-26-14-12-23/h2-8,22H,9-17H2,1H3/p+2. The first-order valence-corrected chi connectivity index (χ1v) is 10.6. The lowest BCUT2D eigenvalue weighted by Gasteiger charge is -2.24. The third-order valence-electron chi connectivity index (χ3n) is 4.93. The minimum atomic E-state index is 0.210. The summed E-state index contributed by atoms with van der Waals surface area (Å²) in [5, 5.41) is 2.16. The topological polar surface area (TPSA) is 50.6 Å². The van der Waals surface area contributed by atoms with E-state index in [1.165, 1.54) is 15.3 Å². The molecule has 0 saturated carbocycles. The molecule has 2 heterocycles. The van der Waals surface area contributed by atoms with Crippen LogP contribution in [-0.4, -0.2) is 56.7 Å². The summed E-state index contributed by atoms with van der Waals surface area (Å²) in [4.78, 5) is 19.0. The minimum absolute atomic E-state index is 0.210. The normalized spacial score (nSPS) is 15.0. The first-order valence-electron chi connectivity index (χ1n) is 9.80. The van der Waals surface area contributed by atoms with Crippen LogP contribution in [0.25, 0.3) is 0 Å². The Morgan fingerprint density at radius 1 is 1.15 bits per heavy atom. The van der Waals surface area contributed by atoms with Crippen LogP contribution in [-0.2, 0) is 22.6 Å². The van der Waals surface area contributed by atoms with Gasteiger partial charge in [0.25, 0.3) is 5.91 Å². The minimum Gasteiger partial charge on any atom is -0.370 e. The van der Waals surface area contributed by atoms with Crippen molar-refractivity contribution in [2.75, 3.05) is 45.9 Å². The summed E-state index contributed by atoms with van der Waals surface area (Å²) in [5.41, 5.74) is 1.18. The van der Waals surface area contributed by atoms with Gasteiger partial charge >= 0.3 is 0 Å². The third-order valence-corrected chi connectivity index (χ3v) is 5.92. The highest BCUT2D eigenvalue weighted by Gasteiger charge is 2.18. The number of quaternary nitrogens is 2. The molecule has 146 valence electrons. The number of hydrogen-bond acceptors (Lipinski definition) is 3. The maximum atomic E-state index is 12.9. The van der Waals surface area contributed by atoms with E-state index < -0.39 is 0 Å². The van der Waals surface area contributed by atoms with Gasteiger partial charge in [-0.25, -0.2) is 0 Å². The van der Waals surface area contributed by atoms with Gasteiger partial charge in [-0.2, -0.15) is 0 Å². The lowest BCUT2D eigenvalue weighted by molar-refractivity contribution is -0.919. The second-order valence-electron chi connectivity index (χ2n) is 7.14. The third kappa shape index (κ3) is 6.74. The van der Waals surface area contributed by atoms with Crippen molar-refractivity contribution in [2.24, 2.45) is 0 Å². The number of carbonyl (C=O) groups is 1. The Labute approximate surface area is 165 Å². The number of carbonyl (C=O) groups excluding carboxylic acids is 1. The zero-order chi connectivity index (χ0) is 18.9. The average molecular weight is 390 g/mol. The van der Waals surface area contributed by atoms with Gasteiger partial charge < -0.3 is 19.9 Å².